The molecule has 1 aromatic rings. The van der Waals surface area contributed by atoms with Gasteiger partial charge in [0.05, 0.1) is 5.56 Å². The number of benzene rings is 1. The Hall–Kier alpha value is -1.73. The molecule has 102 valence electrons. The minimum atomic E-state index is 0.552. The summed E-state index contributed by atoms with van der Waals surface area (Å²) in [4.78, 5) is 4.75. The van der Waals surface area contributed by atoms with Gasteiger partial charge in [-0.2, -0.15) is 5.26 Å². The van der Waals surface area contributed by atoms with Gasteiger partial charge in [0.2, 0.25) is 0 Å². The summed E-state index contributed by atoms with van der Waals surface area (Å²) in [5, 5.41) is 9.03. The molecule has 0 amide bonds. The van der Waals surface area contributed by atoms with E-state index in [1.807, 2.05) is 18.2 Å². The van der Waals surface area contributed by atoms with Gasteiger partial charge in [0.25, 0.3) is 0 Å². The van der Waals surface area contributed by atoms with E-state index in [4.69, 9.17) is 11.0 Å². The molecule has 0 aromatic heterocycles. The Balaban J connectivity index is 2.07. The van der Waals surface area contributed by atoms with Gasteiger partial charge >= 0.3 is 0 Å². The third-order valence-electron chi connectivity index (χ3n) is 3.99. The molecular formula is C15H22N4. The van der Waals surface area contributed by atoms with Crippen molar-refractivity contribution in [1.29, 1.82) is 5.26 Å². The molecule has 1 aromatic carbocycles. The molecule has 1 unspecified atom stereocenters. The smallest absolute Gasteiger partial charge is 0.101 e. The van der Waals surface area contributed by atoms with Crippen molar-refractivity contribution in [2.75, 3.05) is 37.3 Å². The molecule has 0 aliphatic carbocycles. The number of hydrogen-bond acceptors (Lipinski definition) is 4. The highest BCUT2D eigenvalue weighted by atomic mass is 15.2. The zero-order valence-corrected chi connectivity index (χ0v) is 11.8. The second kappa shape index (κ2) is 5.94. The first-order valence-corrected chi connectivity index (χ1v) is 6.90. The first-order chi connectivity index (χ1) is 9.15. The molecule has 0 spiro atoms. The number of nitriles is 1. The van der Waals surface area contributed by atoms with Crippen LogP contribution in [-0.2, 0) is 0 Å². The molecule has 2 rings (SSSR count). The fourth-order valence-electron chi connectivity index (χ4n) is 2.82. The van der Waals surface area contributed by atoms with Crippen LogP contribution in [0.15, 0.2) is 18.2 Å². The van der Waals surface area contributed by atoms with Crippen LogP contribution in [0.5, 0.6) is 0 Å². The van der Waals surface area contributed by atoms with Gasteiger partial charge in [-0.05, 0) is 44.1 Å². The van der Waals surface area contributed by atoms with Gasteiger partial charge in [0.1, 0.15) is 6.07 Å². The molecule has 1 saturated heterocycles. The van der Waals surface area contributed by atoms with E-state index < -0.39 is 0 Å². The van der Waals surface area contributed by atoms with Crippen molar-refractivity contribution in [3.63, 3.8) is 0 Å². The molecule has 4 heteroatoms. The van der Waals surface area contributed by atoms with E-state index in [0.29, 0.717) is 17.3 Å². The van der Waals surface area contributed by atoms with Crippen LogP contribution in [0.25, 0.3) is 0 Å². The fourth-order valence-corrected chi connectivity index (χ4v) is 2.82. The van der Waals surface area contributed by atoms with E-state index in [-0.39, 0.29) is 0 Å². The molecule has 1 heterocycles. The quantitative estimate of drug-likeness (QED) is 0.840. The summed E-state index contributed by atoms with van der Waals surface area (Å²) in [6, 6.07) is 8.44. The topological polar surface area (TPSA) is 56.3 Å². The normalized spacial score (nSPS) is 19.3. The van der Waals surface area contributed by atoms with E-state index in [2.05, 4.69) is 29.8 Å². The predicted octanol–water partition coefficient (Wildman–Crippen LogP) is 2.06. The van der Waals surface area contributed by atoms with Crippen LogP contribution in [-0.4, -0.2) is 37.6 Å². The van der Waals surface area contributed by atoms with Crippen molar-refractivity contribution in [2.45, 2.75) is 25.8 Å². The summed E-state index contributed by atoms with van der Waals surface area (Å²) in [7, 11) is 2.08. The SMILES string of the molecule is CCN1CCCC1CN(C)c1ccc(N)c(C#N)c1. The zero-order valence-electron chi connectivity index (χ0n) is 11.8. The fraction of sp³-hybridized carbons (Fsp3) is 0.533. The number of nitrogen functional groups attached to an aromatic ring is 1. The van der Waals surface area contributed by atoms with E-state index in [0.717, 1.165) is 18.8 Å². The number of anilines is 2. The van der Waals surface area contributed by atoms with Crippen LogP contribution < -0.4 is 10.6 Å². The first kappa shape index (κ1) is 13.7. The Morgan fingerprint density at radius 3 is 3.00 bits per heavy atom. The highest BCUT2D eigenvalue weighted by Crippen LogP contribution is 2.23. The van der Waals surface area contributed by atoms with Gasteiger partial charge in [-0.15, -0.1) is 0 Å². The maximum Gasteiger partial charge on any atom is 0.101 e. The Bertz CT molecular complexity index is 478. The summed E-state index contributed by atoms with van der Waals surface area (Å²) in [5.74, 6) is 0. The third kappa shape index (κ3) is 2.99. The molecule has 0 bridgehead atoms. The summed E-state index contributed by atoms with van der Waals surface area (Å²) in [5.41, 5.74) is 7.93. The van der Waals surface area contributed by atoms with Crippen LogP contribution in [0, 0.1) is 11.3 Å². The van der Waals surface area contributed by atoms with E-state index in [9.17, 15) is 0 Å². The molecule has 1 atom stereocenters. The van der Waals surface area contributed by atoms with E-state index in [1.54, 1.807) is 0 Å². The predicted molar refractivity (Wildman–Crippen MR) is 79.1 cm³/mol. The van der Waals surface area contributed by atoms with Gasteiger partial charge in [0.15, 0.2) is 0 Å². The standard InChI is InChI=1S/C15H22N4/c1-3-19-8-4-5-14(19)11-18(2)13-6-7-15(17)12(9-13)10-16/h6-7,9,14H,3-5,8,11,17H2,1-2H3. The molecule has 1 aliphatic rings. The van der Waals surface area contributed by atoms with E-state index >= 15 is 0 Å². The van der Waals surface area contributed by atoms with Crippen LogP contribution in [0.4, 0.5) is 11.4 Å². The lowest BCUT2D eigenvalue weighted by molar-refractivity contribution is 0.270. The van der Waals surface area contributed by atoms with Crippen molar-refractivity contribution >= 4 is 11.4 Å². The summed E-state index contributed by atoms with van der Waals surface area (Å²) >= 11 is 0. The number of hydrogen-bond donors (Lipinski definition) is 1. The summed E-state index contributed by atoms with van der Waals surface area (Å²) in [6.07, 6.45) is 2.55. The number of rotatable bonds is 4. The number of likely N-dealkylation sites (N-methyl/N-ethyl adjacent to an activating group) is 2. The molecule has 0 radical (unpaired) electrons. The Labute approximate surface area is 115 Å². The maximum absolute atomic E-state index is 9.03. The van der Waals surface area contributed by atoms with Gasteiger partial charge in [-0.3, -0.25) is 4.90 Å². The van der Waals surface area contributed by atoms with Crippen molar-refractivity contribution in [3.8, 4) is 6.07 Å². The molecule has 0 saturated carbocycles. The van der Waals surface area contributed by atoms with Crippen molar-refractivity contribution in [2.24, 2.45) is 0 Å². The van der Waals surface area contributed by atoms with Crippen LogP contribution in [0.2, 0.25) is 0 Å². The first-order valence-electron chi connectivity index (χ1n) is 6.90. The average molecular weight is 258 g/mol. The molecule has 2 N–H and O–H groups in total. The lowest BCUT2D eigenvalue weighted by Gasteiger charge is -2.29. The third-order valence-corrected chi connectivity index (χ3v) is 3.99. The monoisotopic (exact) mass is 258 g/mol. The minimum Gasteiger partial charge on any atom is -0.398 e. The van der Waals surface area contributed by atoms with Gasteiger partial charge in [-0.1, -0.05) is 6.92 Å². The molecule has 19 heavy (non-hydrogen) atoms. The van der Waals surface area contributed by atoms with Crippen molar-refractivity contribution in [3.05, 3.63) is 23.8 Å². The number of nitrogens with zero attached hydrogens (tertiary/aromatic N) is 3. The van der Waals surface area contributed by atoms with Gasteiger partial charge < -0.3 is 10.6 Å². The largest absolute Gasteiger partial charge is 0.398 e. The number of likely N-dealkylation sites (tertiary alicyclic amines) is 1. The molecule has 4 nitrogen and oxygen atoms in total. The van der Waals surface area contributed by atoms with Crippen LogP contribution in [0.3, 0.4) is 0 Å². The lowest BCUT2D eigenvalue weighted by Crippen LogP contribution is -2.38. The van der Waals surface area contributed by atoms with E-state index in [1.165, 1.54) is 19.4 Å². The summed E-state index contributed by atoms with van der Waals surface area (Å²) in [6.45, 7) is 5.54. The Morgan fingerprint density at radius 2 is 2.32 bits per heavy atom. The highest BCUT2D eigenvalue weighted by Gasteiger charge is 2.24. The van der Waals surface area contributed by atoms with Gasteiger partial charge in [-0.25, -0.2) is 0 Å². The molecular weight excluding hydrogens is 236 g/mol. The lowest BCUT2D eigenvalue weighted by atomic mass is 10.1. The minimum absolute atomic E-state index is 0.552. The summed E-state index contributed by atoms with van der Waals surface area (Å²) < 4.78 is 0. The van der Waals surface area contributed by atoms with Crippen LogP contribution in [0.1, 0.15) is 25.3 Å². The second-order valence-electron chi connectivity index (χ2n) is 5.19. The Kier molecular flexibility index (Phi) is 4.28. The molecule has 1 aliphatic heterocycles. The van der Waals surface area contributed by atoms with Crippen molar-refractivity contribution < 1.29 is 0 Å². The number of nitrogens with two attached hydrogens (primary N) is 1. The average Bonchev–Trinajstić information content (AvgIpc) is 2.86. The Morgan fingerprint density at radius 1 is 1.53 bits per heavy atom. The second-order valence-corrected chi connectivity index (χ2v) is 5.19. The van der Waals surface area contributed by atoms with Gasteiger partial charge in [0, 0.05) is 31.0 Å². The highest BCUT2D eigenvalue weighted by molar-refractivity contribution is 5.62. The maximum atomic E-state index is 9.03. The molecule has 1 fully saturated rings. The van der Waals surface area contributed by atoms with Crippen molar-refractivity contribution in [1.82, 2.24) is 4.90 Å². The van der Waals surface area contributed by atoms with Crippen LogP contribution >= 0.6 is 0 Å². The zero-order chi connectivity index (χ0) is 13.8.